The van der Waals surface area contributed by atoms with Gasteiger partial charge >= 0.3 is 0 Å². The third kappa shape index (κ3) is 4.68. The van der Waals surface area contributed by atoms with E-state index in [9.17, 15) is 9.90 Å². The standard InChI is InChI=1S/C21H27NO2/c1-3-4-7-16-19(23)22(2)20(17-12-8-5-9-13-17)21(24)18-14-10-6-11-15-18/h5-6,8-15,20-21,24H,3-4,7,16H2,1-2H3/t20-,21-/m0/s1. The van der Waals surface area contributed by atoms with Crippen LogP contribution in [0.3, 0.4) is 0 Å². The largest absolute Gasteiger partial charge is 0.386 e. The topological polar surface area (TPSA) is 40.5 Å². The van der Waals surface area contributed by atoms with E-state index in [2.05, 4.69) is 6.92 Å². The van der Waals surface area contributed by atoms with Gasteiger partial charge in [0, 0.05) is 13.5 Å². The van der Waals surface area contributed by atoms with Gasteiger partial charge in [0.2, 0.25) is 5.91 Å². The molecule has 0 aromatic heterocycles. The molecule has 0 aliphatic heterocycles. The molecule has 3 heteroatoms. The summed E-state index contributed by atoms with van der Waals surface area (Å²) in [6, 6.07) is 18.9. The van der Waals surface area contributed by atoms with Gasteiger partial charge in [0.25, 0.3) is 0 Å². The van der Waals surface area contributed by atoms with Gasteiger partial charge in [-0.25, -0.2) is 0 Å². The van der Waals surface area contributed by atoms with E-state index in [1.54, 1.807) is 11.9 Å². The van der Waals surface area contributed by atoms with Crippen LogP contribution in [-0.2, 0) is 4.79 Å². The molecule has 0 unspecified atom stereocenters. The van der Waals surface area contributed by atoms with Crippen LogP contribution in [0.1, 0.15) is 55.9 Å². The van der Waals surface area contributed by atoms with Crippen molar-refractivity contribution in [1.29, 1.82) is 0 Å². The monoisotopic (exact) mass is 325 g/mol. The highest BCUT2D eigenvalue weighted by atomic mass is 16.3. The van der Waals surface area contributed by atoms with E-state index in [1.165, 1.54) is 0 Å². The molecule has 1 N–H and O–H groups in total. The van der Waals surface area contributed by atoms with Crippen molar-refractivity contribution in [3.63, 3.8) is 0 Å². The van der Waals surface area contributed by atoms with Gasteiger partial charge in [0.1, 0.15) is 6.10 Å². The molecule has 0 fully saturated rings. The van der Waals surface area contributed by atoms with Crippen LogP contribution in [-0.4, -0.2) is 23.0 Å². The van der Waals surface area contributed by atoms with Crippen molar-refractivity contribution in [3.05, 3.63) is 71.8 Å². The molecule has 0 saturated heterocycles. The number of hydrogen-bond acceptors (Lipinski definition) is 2. The van der Waals surface area contributed by atoms with Gasteiger partial charge in [-0.15, -0.1) is 0 Å². The number of rotatable bonds is 8. The quantitative estimate of drug-likeness (QED) is 0.726. The highest BCUT2D eigenvalue weighted by molar-refractivity contribution is 5.76. The second kappa shape index (κ2) is 9.24. The highest BCUT2D eigenvalue weighted by Crippen LogP contribution is 2.33. The van der Waals surface area contributed by atoms with Crippen LogP contribution < -0.4 is 0 Å². The predicted molar refractivity (Wildman–Crippen MR) is 97.5 cm³/mol. The third-order valence-corrected chi connectivity index (χ3v) is 4.39. The lowest BCUT2D eigenvalue weighted by molar-refractivity contribution is -0.134. The Kier molecular flexibility index (Phi) is 7.01. The normalized spacial score (nSPS) is 13.3. The molecule has 2 aromatic carbocycles. The Hall–Kier alpha value is -2.13. The first-order valence-electron chi connectivity index (χ1n) is 8.68. The van der Waals surface area contributed by atoms with Gasteiger partial charge in [-0.1, -0.05) is 80.4 Å². The maximum absolute atomic E-state index is 12.6. The van der Waals surface area contributed by atoms with E-state index >= 15 is 0 Å². The number of carbonyl (C=O) groups is 1. The van der Waals surface area contributed by atoms with Crippen LogP contribution in [0.15, 0.2) is 60.7 Å². The van der Waals surface area contributed by atoms with Crippen LogP contribution in [0.2, 0.25) is 0 Å². The van der Waals surface area contributed by atoms with Crippen LogP contribution in [0.25, 0.3) is 0 Å². The van der Waals surface area contributed by atoms with E-state index in [0.717, 1.165) is 30.4 Å². The summed E-state index contributed by atoms with van der Waals surface area (Å²) in [6.07, 6.45) is 2.80. The Bertz CT molecular complexity index is 612. The fourth-order valence-electron chi connectivity index (χ4n) is 2.96. The zero-order chi connectivity index (χ0) is 17.4. The molecule has 0 aliphatic carbocycles. The summed E-state index contributed by atoms with van der Waals surface area (Å²) in [5.41, 5.74) is 1.76. The fourth-order valence-corrected chi connectivity index (χ4v) is 2.96. The Labute approximate surface area is 144 Å². The first-order chi connectivity index (χ1) is 11.6. The number of nitrogens with zero attached hydrogens (tertiary/aromatic N) is 1. The van der Waals surface area contributed by atoms with Crippen molar-refractivity contribution in [2.75, 3.05) is 7.05 Å². The molecule has 0 aliphatic rings. The lowest BCUT2D eigenvalue weighted by atomic mass is 9.94. The number of carbonyl (C=O) groups excluding carboxylic acids is 1. The average Bonchev–Trinajstić information content (AvgIpc) is 2.63. The van der Waals surface area contributed by atoms with Crippen molar-refractivity contribution < 1.29 is 9.90 Å². The van der Waals surface area contributed by atoms with Crippen LogP contribution in [0.5, 0.6) is 0 Å². The molecule has 2 aromatic rings. The summed E-state index contributed by atoms with van der Waals surface area (Å²) in [5, 5.41) is 10.9. The Balaban J connectivity index is 2.25. The predicted octanol–water partition coefficient (Wildman–Crippen LogP) is 4.50. The van der Waals surface area contributed by atoms with E-state index in [-0.39, 0.29) is 11.9 Å². The molecule has 0 bridgehead atoms. The number of unbranched alkanes of at least 4 members (excludes halogenated alkanes) is 2. The highest BCUT2D eigenvalue weighted by Gasteiger charge is 2.29. The van der Waals surface area contributed by atoms with Gasteiger partial charge in [0.15, 0.2) is 0 Å². The zero-order valence-electron chi connectivity index (χ0n) is 14.6. The summed E-state index contributed by atoms with van der Waals surface area (Å²) < 4.78 is 0. The average molecular weight is 325 g/mol. The number of hydrogen-bond donors (Lipinski definition) is 1. The molecule has 0 radical (unpaired) electrons. The Morgan fingerprint density at radius 3 is 2.04 bits per heavy atom. The lowest BCUT2D eigenvalue weighted by Crippen LogP contribution is -2.34. The number of benzene rings is 2. The maximum Gasteiger partial charge on any atom is 0.222 e. The SMILES string of the molecule is CCCCCC(=O)N(C)[C@@H](c1ccccc1)[C@@H](O)c1ccccc1. The molecule has 1 amide bonds. The number of aliphatic hydroxyl groups excluding tert-OH is 1. The van der Waals surface area contributed by atoms with E-state index < -0.39 is 6.10 Å². The fraction of sp³-hybridized carbons (Fsp3) is 0.381. The Morgan fingerprint density at radius 1 is 0.958 bits per heavy atom. The molecular formula is C21H27NO2. The third-order valence-electron chi connectivity index (χ3n) is 4.39. The van der Waals surface area contributed by atoms with Gasteiger partial charge in [0.05, 0.1) is 6.04 Å². The second-order valence-corrected chi connectivity index (χ2v) is 6.17. The molecule has 2 atom stereocenters. The summed E-state index contributed by atoms with van der Waals surface area (Å²) in [5.74, 6) is 0.0762. The van der Waals surface area contributed by atoms with Crippen LogP contribution in [0.4, 0.5) is 0 Å². The lowest BCUT2D eigenvalue weighted by Gasteiger charge is -2.33. The molecule has 24 heavy (non-hydrogen) atoms. The minimum Gasteiger partial charge on any atom is -0.386 e. The molecule has 0 saturated carbocycles. The van der Waals surface area contributed by atoms with Crippen molar-refractivity contribution in [3.8, 4) is 0 Å². The molecule has 0 spiro atoms. The summed E-state index contributed by atoms with van der Waals surface area (Å²) >= 11 is 0. The van der Waals surface area contributed by atoms with Crippen molar-refractivity contribution in [1.82, 2.24) is 4.90 Å². The number of amides is 1. The second-order valence-electron chi connectivity index (χ2n) is 6.17. The van der Waals surface area contributed by atoms with E-state index in [4.69, 9.17) is 0 Å². The molecule has 2 rings (SSSR count). The zero-order valence-corrected chi connectivity index (χ0v) is 14.6. The minimum absolute atomic E-state index is 0.0762. The van der Waals surface area contributed by atoms with Crippen LogP contribution in [0, 0.1) is 0 Å². The van der Waals surface area contributed by atoms with Gasteiger partial charge < -0.3 is 10.0 Å². The van der Waals surface area contributed by atoms with Gasteiger partial charge in [-0.2, -0.15) is 0 Å². The summed E-state index contributed by atoms with van der Waals surface area (Å²) in [7, 11) is 1.79. The molecular weight excluding hydrogens is 298 g/mol. The smallest absolute Gasteiger partial charge is 0.222 e. The number of aliphatic hydroxyl groups is 1. The minimum atomic E-state index is -0.756. The first kappa shape index (κ1) is 18.2. The Morgan fingerprint density at radius 2 is 1.50 bits per heavy atom. The molecule has 0 heterocycles. The number of likely N-dealkylation sites (N-methyl/N-ethyl adjacent to an activating group) is 1. The summed E-state index contributed by atoms with van der Waals surface area (Å²) in [4.78, 5) is 14.3. The molecule has 3 nitrogen and oxygen atoms in total. The van der Waals surface area contributed by atoms with Crippen molar-refractivity contribution in [2.45, 2.75) is 44.8 Å². The van der Waals surface area contributed by atoms with E-state index in [1.807, 2.05) is 60.7 Å². The van der Waals surface area contributed by atoms with Crippen LogP contribution >= 0.6 is 0 Å². The van der Waals surface area contributed by atoms with Gasteiger partial charge in [-0.3, -0.25) is 4.79 Å². The van der Waals surface area contributed by atoms with Crippen molar-refractivity contribution >= 4 is 5.91 Å². The van der Waals surface area contributed by atoms with E-state index in [0.29, 0.717) is 6.42 Å². The maximum atomic E-state index is 12.6. The molecule has 128 valence electrons. The van der Waals surface area contributed by atoms with Crippen molar-refractivity contribution in [2.24, 2.45) is 0 Å². The first-order valence-corrected chi connectivity index (χ1v) is 8.68. The summed E-state index contributed by atoms with van der Waals surface area (Å²) in [6.45, 7) is 2.13. The van der Waals surface area contributed by atoms with Gasteiger partial charge in [-0.05, 0) is 17.5 Å².